The molecule has 1 aliphatic heterocycles. The summed E-state index contributed by atoms with van der Waals surface area (Å²) in [5, 5.41) is 14.1. The van der Waals surface area contributed by atoms with Crippen LogP contribution in [0.1, 0.15) is 5.56 Å². The average molecular weight is 251 g/mol. The zero-order valence-electron chi connectivity index (χ0n) is 10.1. The van der Waals surface area contributed by atoms with Gasteiger partial charge in [0, 0.05) is 18.2 Å². The maximum atomic E-state index is 11.0. The molecule has 0 atom stereocenters. The molecule has 2 rings (SSSR count). The van der Waals surface area contributed by atoms with E-state index in [0.717, 1.165) is 6.54 Å². The second-order valence-electron chi connectivity index (χ2n) is 3.65. The highest BCUT2D eigenvalue weighted by Gasteiger charge is 2.23. The Morgan fingerprint density at radius 2 is 2.17 bits per heavy atom. The fourth-order valence-electron chi connectivity index (χ4n) is 1.81. The second-order valence-corrected chi connectivity index (χ2v) is 3.65. The zero-order chi connectivity index (χ0) is 13.1. The van der Waals surface area contributed by atoms with Gasteiger partial charge in [-0.25, -0.2) is 0 Å². The first-order valence-electron chi connectivity index (χ1n) is 5.36. The van der Waals surface area contributed by atoms with Gasteiger partial charge in [-0.15, -0.1) is 0 Å². The third kappa shape index (κ3) is 2.06. The largest absolute Gasteiger partial charge is 0.493 e. The molecule has 0 saturated carbocycles. The van der Waals surface area contributed by atoms with E-state index in [4.69, 9.17) is 9.47 Å². The molecule has 1 N–H and O–H groups in total. The number of nitrogens with one attached hydrogen (secondary N) is 1. The lowest BCUT2D eigenvalue weighted by Crippen LogP contribution is -2.19. The minimum absolute atomic E-state index is 0.116. The van der Waals surface area contributed by atoms with E-state index in [1.807, 2.05) is 0 Å². The van der Waals surface area contributed by atoms with Crippen molar-refractivity contribution in [3.8, 4) is 11.5 Å². The summed E-state index contributed by atoms with van der Waals surface area (Å²) in [6.45, 7) is 1.40. The Labute approximate surface area is 104 Å². The number of methoxy groups -OCH3 is 2. The lowest BCUT2D eigenvalue weighted by molar-refractivity contribution is -0.385. The van der Waals surface area contributed by atoms with Crippen molar-refractivity contribution in [1.82, 2.24) is 5.32 Å². The van der Waals surface area contributed by atoms with Gasteiger partial charge in [-0.1, -0.05) is 0 Å². The number of benzene rings is 1. The van der Waals surface area contributed by atoms with Gasteiger partial charge >= 0.3 is 5.69 Å². The normalized spacial score (nSPS) is 13.8. The van der Waals surface area contributed by atoms with Crippen LogP contribution in [0.15, 0.2) is 17.1 Å². The van der Waals surface area contributed by atoms with Crippen molar-refractivity contribution in [2.75, 3.05) is 27.3 Å². The molecule has 0 bridgehead atoms. The van der Waals surface area contributed by atoms with Gasteiger partial charge in [-0.05, 0) is 6.07 Å². The Morgan fingerprint density at radius 3 is 2.67 bits per heavy atom. The van der Waals surface area contributed by atoms with Gasteiger partial charge in [0.1, 0.15) is 5.84 Å². The van der Waals surface area contributed by atoms with Crippen molar-refractivity contribution in [3.05, 3.63) is 27.8 Å². The van der Waals surface area contributed by atoms with Crippen LogP contribution in [0.5, 0.6) is 11.5 Å². The number of hydrogen-bond donors (Lipinski definition) is 1. The number of nitro groups is 1. The van der Waals surface area contributed by atoms with Crippen LogP contribution in [0, 0.1) is 10.1 Å². The minimum atomic E-state index is -0.500. The van der Waals surface area contributed by atoms with Gasteiger partial charge in [0.2, 0.25) is 5.75 Å². The van der Waals surface area contributed by atoms with Crippen molar-refractivity contribution in [2.45, 2.75) is 0 Å². The maximum Gasteiger partial charge on any atom is 0.315 e. The third-order valence-electron chi connectivity index (χ3n) is 2.60. The van der Waals surface area contributed by atoms with Crippen molar-refractivity contribution in [3.63, 3.8) is 0 Å². The Balaban J connectivity index is 2.56. The summed E-state index contributed by atoms with van der Waals surface area (Å²) in [5.74, 6) is 1.07. The first kappa shape index (κ1) is 12.2. The predicted octanol–water partition coefficient (Wildman–Crippen LogP) is 0.962. The van der Waals surface area contributed by atoms with E-state index >= 15 is 0 Å². The molecule has 1 aromatic carbocycles. The van der Waals surface area contributed by atoms with Crippen LogP contribution in [0.4, 0.5) is 5.69 Å². The van der Waals surface area contributed by atoms with Crippen LogP contribution in [0.2, 0.25) is 0 Å². The van der Waals surface area contributed by atoms with Crippen LogP contribution in [-0.4, -0.2) is 38.1 Å². The monoisotopic (exact) mass is 251 g/mol. The number of aliphatic imine (C=N–C) groups is 1. The quantitative estimate of drug-likeness (QED) is 0.636. The molecule has 1 aromatic rings. The first-order valence-corrected chi connectivity index (χ1v) is 5.36. The molecule has 0 radical (unpaired) electrons. The van der Waals surface area contributed by atoms with Crippen LogP contribution >= 0.6 is 0 Å². The second kappa shape index (κ2) is 4.91. The van der Waals surface area contributed by atoms with E-state index in [2.05, 4.69) is 10.3 Å². The van der Waals surface area contributed by atoms with E-state index in [-0.39, 0.29) is 11.4 Å². The van der Waals surface area contributed by atoms with Crippen molar-refractivity contribution < 1.29 is 14.4 Å². The van der Waals surface area contributed by atoms with Crippen LogP contribution in [0.3, 0.4) is 0 Å². The molecule has 0 saturated heterocycles. The standard InChI is InChI=1S/C11H13N3O4/c1-17-9-6-7(11-12-3-4-13-11)5-8(14(15)16)10(9)18-2/h5-6H,3-4H2,1-2H3,(H,12,13). The molecule has 0 spiro atoms. The molecule has 7 heteroatoms. The lowest BCUT2D eigenvalue weighted by atomic mass is 10.1. The summed E-state index contributed by atoms with van der Waals surface area (Å²) in [7, 11) is 2.81. The third-order valence-corrected chi connectivity index (χ3v) is 2.60. The van der Waals surface area contributed by atoms with Crippen molar-refractivity contribution >= 4 is 11.5 Å². The topological polar surface area (TPSA) is 86.0 Å². The van der Waals surface area contributed by atoms with E-state index < -0.39 is 4.92 Å². The van der Waals surface area contributed by atoms with Gasteiger partial charge in [0.25, 0.3) is 0 Å². The Hall–Kier alpha value is -2.31. The summed E-state index contributed by atoms with van der Waals surface area (Å²) in [6.07, 6.45) is 0. The van der Waals surface area contributed by atoms with Crippen molar-refractivity contribution in [1.29, 1.82) is 0 Å². The van der Waals surface area contributed by atoms with Gasteiger partial charge in [-0.3, -0.25) is 15.1 Å². The smallest absolute Gasteiger partial charge is 0.315 e. The number of nitro benzene ring substituents is 1. The van der Waals surface area contributed by atoms with Gasteiger partial charge in [0.15, 0.2) is 5.75 Å². The number of hydrogen-bond acceptors (Lipinski definition) is 6. The molecule has 1 heterocycles. The summed E-state index contributed by atoms with van der Waals surface area (Å²) in [6, 6.07) is 3.10. The fraction of sp³-hybridized carbons (Fsp3) is 0.364. The molecule has 7 nitrogen and oxygen atoms in total. The van der Waals surface area contributed by atoms with E-state index in [0.29, 0.717) is 23.7 Å². The number of rotatable bonds is 4. The van der Waals surface area contributed by atoms with Crippen LogP contribution in [-0.2, 0) is 0 Å². The lowest BCUT2D eigenvalue weighted by Gasteiger charge is -2.10. The molecule has 0 fully saturated rings. The molecule has 96 valence electrons. The summed E-state index contributed by atoms with van der Waals surface area (Å²) in [5.41, 5.74) is 0.486. The number of nitrogens with zero attached hydrogens (tertiary/aromatic N) is 2. The number of amidine groups is 1. The van der Waals surface area contributed by atoms with Crippen LogP contribution < -0.4 is 14.8 Å². The molecule has 0 unspecified atom stereocenters. The van der Waals surface area contributed by atoms with Crippen LogP contribution in [0.25, 0.3) is 0 Å². The number of ether oxygens (including phenoxy) is 2. The van der Waals surface area contributed by atoms with Gasteiger partial charge < -0.3 is 14.8 Å². The van der Waals surface area contributed by atoms with E-state index in [1.54, 1.807) is 6.07 Å². The predicted molar refractivity (Wildman–Crippen MR) is 65.6 cm³/mol. The fourth-order valence-corrected chi connectivity index (χ4v) is 1.81. The molecule has 0 aromatic heterocycles. The Kier molecular flexibility index (Phi) is 3.31. The zero-order valence-corrected chi connectivity index (χ0v) is 10.1. The molecule has 0 amide bonds. The maximum absolute atomic E-state index is 11.0. The average Bonchev–Trinajstić information content (AvgIpc) is 2.90. The highest BCUT2D eigenvalue weighted by Crippen LogP contribution is 2.38. The van der Waals surface area contributed by atoms with E-state index in [1.165, 1.54) is 20.3 Å². The first-order chi connectivity index (χ1) is 8.67. The molecular weight excluding hydrogens is 238 g/mol. The molecule has 0 aliphatic carbocycles. The Morgan fingerprint density at radius 1 is 1.39 bits per heavy atom. The summed E-state index contributed by atoms with van der Waals surface area (Å²) in [4.78, 5) is 14.7. The SMILES string of the molecule is COc1cc(C2=NCCN2)cc([N+](=O)[O-])c1OC. The molecule has 1 aliphatic rings. The summed E-state index contributed by atoms with van der Waals surface area (Å²) < 4.78 is 10.1. The molecular formula is C11H13N3O4. The molecule has 18 heavy (non-hydrogen) atoms. The van der Waals surface area contributed by atoms with Crippen molar-refractivity contribution in [2.24, 2.45) is 4.99 Å². The van der Waals surface area contributed by atoms with E-state index in [9.17, 15) is 10.1 Å². The summed E-state index contributed by atoms with van der Waals surface area (Å²) >= 11 is 0. The van der Waals surface area contributed by atoms with Gasteiger partial charge in [-0.2, -0.15) is 0 Å². The highest BCUT2D eigenvalue weighted by atomic mass is 16.6. The van der Waals surface area contributed by atoms with Gasteiger partial charge in [0.05, 0.1) is 25.7 Å². The Bertz CT molecular complexity index is 513. The highest BCUT2D eigenvalue weighted by molar-refractivity contribution is 6.01. The minimum Gasteiger partial charge on any atom is -0.493 e.